The third-order valence-corrected chi connectivity index (χ3v) is 4.81. The summed E-state index contributed by atoms with van der Waals surface area (Å²) in [6.07, 6.45) is -4.30. The summed E-state index contributed by atoms with van der Waals surface area (Å²) in [6.45, 7) is 6.51. The molecule has 0 saturated carbocycles. The molecule has 0 bridgehead atoms. The van der Waals surface area contributed by atoms with E-state index in [1.54, 1.807) is 23.5 Å². The highest BCUT2D eigenvalue weighted by atomic mass is 127. The summed E-state index contributed by atoms with van der Waals surface area (Å²) < 4.78 is 41.0. The first kappa shape index (κ1) is 25.6. The number of aliphatic imine (C=N–C) groups is 1. The van der Waals surface area contributed by atoms with Crippen molar-refractivity contribution in [2.75, 3.05) is 13.2 Å². The summed E-state index contributed by atoms with van der Waals surface area (Å²) >= 11 is 1.66. The van der Waals surface area contributed by atoms with Gasteiger partial charge in [0.2, 0.25) is 0 Å². The summed E-state index contributed by atoms with van der Waals surface area (Å²) in [7, 11) is 0. The molecule has 10 heteroatoms. The van der Waals surface area contributed by atoms with E-state index in [0.29, 0.717) is 24.6 Å². The van der Waals surface area contributed by atoms with Crippen molar-refractivity contribution in [1.82, 2.24) is 15.6 Å². The van der Waals surface area contributed by atoms with Crippen LogP contribution in [0.3, 0.4) is 0 Å². The van der Waals surface area contributed by atoms with Gasteiger partial charge in [0.25, 0.3) is 0 Å². The number of hydrogen-bond acceptors (Lipinski definition) is 4. The Kier molecular flexibility index (Phi) is 10.9. The highest BCUT2D eigenvalue weighted by Crippen LogP contribution is 2.17. The van der Waals surface area contributed by atoms with Crippen LogP contribution in [-0.4, -0.2) is 30.3 Å². The SMILES string of the molecule is CCNC(=NCc1ccc(COCC(F)(F)F)cc1)NCc1sc(C)nc1C.I. The van der Waals surface area contributed by atoms with Crippen LogP contribution in [0.4, 0.5) is 13.2 Å². The van der Waals surface area contributed by atoms with Crippen LogP contribution in [0.1, 0.15) is 33.6 Å². The number of rotatable bonds is 8. The Balaban J connectivity index is 0.00000420. The van der Waals surface area contributed by atoms with Gasteiger partial charge in [-0.2, -0.15) is 13.2 Å². The highest BCUT2D eigenvalue weighted by molar-refractivity contribution is 14.0. The molecule has 2 aromatic rings. The van der Waals surface area contributed by atoms with Crippen LogP contribution in [0.15, 0.2) is 29.3 Å². The predicted octanol–water partition coefficient (Wildman–Crippen LogP) is 4.71. The molecule has 0 fully saturated rings. The van der Waals surface area contributed by atoms with Crippen LogP contribution in [0.2, 0.25) is 0 Å². The molecule has 1 heterocycles. The molecule has 29 heavy (non-hydrogen) atoms. The molecule has 2 rings (SSSR count). The van der Waals surface area contributed by atoms with Crippen molar-refractivity contribution in [2.45, 2.75) is 46.6 Å². The number of halogens is 4. The lowest BCUT2D eigenvalue weighted by Crippen LogP contribution is -2.36. The molecule has 1 aromatic carbocycles. The number of hydrogen-bond donors (Lipinski definition) is 2. The molecule has 1 aromatic heterocycles. The quantitative estimate of drug-likeness (QED) is 0.288. The Hall–Kier alpha value is -1.40. The van der Waals surface area contributed by atoms with E-state index in [-0.39, 0.29) is 30.6 Å². The van der Waals surface area contributed by atoms with Crippen molar-refractivity contribution in [3.63, 3.8) is 0 Å². The molecule has 162 valence electrons. The van der Waals surface area contributed by atoms with E-state index in [1.165, 1.54) is 4.88 Å². The van der Waals surface area contributed by atoms with Crippen LogP contribution < -0.4 is 10.6 Å². The van der Waals surface area contributed by atoms with E-state index >= 15 is 0 Å². The molecule has 0 atom stereocenters. The zero-order valence-electron chi connectivity index (χ0n) is 16.6. The van der Waals surface area contributed by atoms with Crippen molar-refractivity contribution < 1.29 is 17.9 Å². The van der Waals surface area contributed by atoms with Crippen LogP contribution in [0.5, 0.6) is 0 Å². The highest BCUT2D eigenvalue weighted by Gasteiger charge is 2.27. The minimum Gasteiger partial charge on any atom is -0.367 e. The van der Waals surface area contributed by atoms with E-state index in [2.05, 4.69) is 25.3 Å². The minimum atomic E-state index is -4.30. The van der Waals surface area contributed by atoms with Crippen molar-refractivity contribution in [3.8, 4) is 0 Å². The lowest BCUT2D eigenvalue weighted by atomic mass is 10.1. The molecule has 0 saturated heterocycles. The number of thiazole rings is 1. The fourth-order valence-electron chi connectivity index (χ4n) is 2.44. The van der Waals surface area contributed by atoms with Gasteiger partial charge in [0.1, 0.15) is 6.61 Å². The van der Waals surface area contributed by atoms with Crippen LogP contribution in [0, 0.1) is 13.8 Å². The van der Waals surface area contributed by atoms with Crippen molar-refractivity contribution in [2.24, 2.45) is 4.99 Å². The number of nitrogens with one attached hydrogen (secondary N) is 2. The Labute approximate surface area is 190 Å². The smallest absolute Gasteiger partial charge is 0.367 e. The molecule has 2 N–H and O–H groups in total. The van der Waals surface area contributed by atoms with Gasteiger partial charge in [0.05, 0.1) is 30.4 Å². The zero-order chi connectivity index (χ0) is 20.6. The molecule has 0 radical (unpaired) electrons. The number of aromatic nitrogens is 1. The first-order chi connectivity index (χ1) is 13.3. The first-order valence-electron chi connectivity index (χ1n) is 8.94. The first-order valence-corrected chi connectivity index (χ1v) is 9.76. The molecule has 0 aliphatic carbocycles. The molecule has 0 unspecified atom stereocenters. The molecule has 0 spiro atoms. The number of guanidine groups is 1. The van der Waals surface area contributed by atoms with Gasteiger partial charge in [0.15, 0.2) is 5.96 Å². The Morgan fingerprint density at radius 2 is 1.79 bits per heavy atom. The number of alkyl halides is 3. The van der Waals surface area contributed by atoms with Gasteiger partial charge in [-0.25, -0.2) is 9.98 Å². The standard InChI is InChI=1S/C19H25F3N4OS.HI/c1-4-23-18(25-10-17-13(2)26-14(3)28-17)24-9-15-5-7-16(8-6-15)11-27-12-19(20,21)22;/h5-8H,4,9-12H2,1-3H3,(H2,23,24,25);1H. The van der Waals surface area contributed by atoms with Gasteiger partial charge in [0, 0.05) is 11.4 Å². The van der Waals surface area contributed by atoms with Crippen LogP contribution in [-0.2, 0) is 24.4 Å². The molecule has 5 nitrogen and oxygen atoms in total. The van der Waals surface area contributed by atoms with Gasteiger partial charge < -0.3 is 15.4 Å². The third kappa shape index (κ3) is 9.77. The van der Waals surface area contributed by atoms with Crippen LogP contribution >= 0.6 is 35.3 Å². The van der Waals surface area contributed by atoms with Crippen molar-refractivity contribution in [1.29, 1.82) is 0 Å². The van der Waals surface area contributed by atoms with E-state index in [0.717, 1.165) is 22.8 Å². The topological polar surface area (TPSA) is 58.5 Å². The minimum absolute atomic E-state index is 0. The fraction of sp³-hybridized carbons (Fsp3) is 0.474. The maximum atomic E-state index is 12.1. The predicted molar refractivity (Wildman–Crippen MR) is 121 cm³/mol. The number of benzene rings is 1. The summed E-state index contributed by atoms with van der Waals surface area (Å²) in [6, 6.07) is 7.20. The molecular weight excluding hydrogens is 516 g/mol. The largest absolute Gasteiger partial charge is 0.411 e. The van der Waals surface area contributed by atoms with Crippen molar-refractivity contribution in [3.05, 3.63) is 51.0 Å². The summed E-state index contributed by atoms with van der Waals surface area (Å²) in [5.41, 5.74) is 2.67. The number of ether oxygens (including phenoxy) is 1. The normalized spacial score (nSPS) is 11.9. The van der Waals surface area contributed by atoms with Gasteiger partial charge in [-0.1, -0.05) is 24.3 Å². The summed E-state index contributed by atoms with van der Waals surface area (Å²) in [4.78, 5) is 10.1. The maximum absolute atomic E-state index is 12.1. The Morgan fingerprint density at radius 1 is 1.14 bits per heavy atom. The molecule has 0 aliphatic heterocycles. The second kappa shape index (κ2) is 12.3. The fourth-order valence-corrected chi connectivity index (χ4v) is 3.32. The van der Waals surface area contributed by atoms with E-state index in [4.69, 9.17) is 0 Å². The monoisotopic (exact) mass is 542 g/mol. The van der Waals surface area contributed by atoms with Crippen molar-refractivity contribution >= 4 is 41.3 Å². The molecule has 0 aliphatic rings. The second-order valence-corrected chi connectivity index (χ2v) is 7.50. The molecular formula is C19H26F3IN4OS. The van der Waals surface area contributed by atoms with Crippen LogP contribution in [0.25, 0.3) is 0 Å². The van der Waals surface area contributed by atoms with Gasteiger partial charge in [-0.15, -0.1) is 35.3 Å². The number of aryl methyl sites for hydroxylation is 2. The Morgan fingerprint density at radius 3 is 2.34 bits per heavy atom. The summed E-state index contributed by atoms with van der Waals surface area (Å²) in [5, 5.41) is 7.53. The van der Waals surface area contributed by atoms with E-state index in [1.807, 2.05) is 32.9 Å². The third-order valence-electron chi connectivity index (χ3n) is 3.74. The summed E-state index contributed by atoms with van der Waals surface area (Å²) in [5.74, 6) is 0.700. The lowest BCUT2D eigenvalue weighted by molar-refractivity contribution is -0.176. The van der Waals surface area contributed by atoms with Gasteiger partial charge in [-0.3, -0.25) is 0 Å². The van der Waals surface area contributed by atoms with E-state index < -0.39 is 12.8 Å². The maximum Gasteiger partial charge on any atom is 0.411 e. The van der Waals surface area contributed by atoms with E-state index in [9.17, 15) is 13.2 Å². The Bertz CT molecular complexity index is 779. The second-order valence-electron chi connectivity index (χ2n) is 6.21. The van der Waals surface area contributed by atoms with Gasteiger partial charge in [-0.05, 0) is 31.9 Å². The zero-order valence-corrected chi connectivity index (χ0v) is 19.7. The lowest BCUT2D eigenvalue weighted by Gasteiger charge is -2.11. The van der Waals surface area contributed by atoms with Gasteiger partial charge >= 0.3 is 6.18 Å². The number of nitrogens with zero attached hydrogens (tertiary/aromatic N) is 2. The average Bonchev–Trinajstić information content (AvgIpc) is 2.95. The average molecular weight is 542 g/mol. The molecule has 0 amide bonds.